The summed E-state index contributed by atoms with van der Waals surface area (Å²) in [5.41, 5.74) is 0.864. The zero-order chi connectivity index (χ0) is 15.0. The van der Waals surface area contributed by atoms with Crippen LogP contribution in [0.1, 0.15) is 24.4 Å². The first-order valence-electron chi connectivity index (χ1n) is 6.33. The number of amides is 1. The summed E-state index contributed by atoms with van der Waals surface area (Å²) in [5, 5.41) is 5.77. The Kier molecular flexibility index (Phi) is 10.0. The van der Waals surface area contributed by atoms with Gasteiger partial charge in [-0.1, -0.05) is 28.1 Å². The van der Waals surface area contributed by atoms with Gasteiger partial charge in [-0.2, -0.15) is 0 Å². The average molecular weight is 380 g/mol. The highest BCUT2D eigenvalue weighted by molar-refractivity contribution is 9.10. The van der Waals surface area contributed by atoms with Gasteiger partial charge in [0.25, 0.3) is 0 Å². The highest BCUT2D eigenvalue weighted by Crippen LogP contribution is 2.21. The second-order valence-corrected chi connectivity index (χ2v) is 5.22. The van der Waals surface area contributed by atoms with Gasteiger partial charge in [-0.05, 0) is 24.7 Å². The summed E-state index contributed by atoms with van der Waals surface area (Å²) < 4.78 is 5.58. The number of benzene rings is 1. The molecule has 1 aromatic rings. The third kappa shape index (κ3) is 7.45. The minimum absolute atomic E-state index is 0. The van der Waals surface area contributed by atoms with Crippen LogP contribution in [0.2, 0.25) is 0 Å². The lowest BCUT2D eigenvalue weighted by Gasteiger charge is -2.18. The van der Waals surface area contributed by atoms with Crippen LogP contribution in [-0.2, 0) is 14.3 Å². The van der Waals surface area contributed by atoms with Crippen LogP contribution < -0.4 is 10.6 Å². The maximum Gasteiger partial charge on any atom is 0.307 e. The minimum atomic E-state index is -0.385. The standard InChI is InChI=1S/C14H19BrN2O3.ClH/c1-16-7-6-13(18)17-12(9-14(19)20-2)10-4-3-5-11(15)8-10;/h3-5,8,12,16H,6-7,9H2,1-2H3,(H,17,18);1H. The molecular weight excluding hydrogens is 360 g/mol. The fourth-order valence-corrected chi connectivity index (χ4v) is 2.15. The highest BCUT2D eigenvalue weighted by atomic mass is 79.9. The molecule has 2 N–H and O–H groups in total. The molecule has 1 atom stereocenters. The normalized spacial score (nSPS) is 11.2. The van der Waals surface area contributed by atoms with Gasteiger partial charge in [-0.15, -0.1) is 12.4 Å². The van der Waals surface area contributed by atoms with Crippen molar-refractivity contribution < 1.29 is 14.3 Å². The summed E-state index contributed by atoms with van der Waals surface area (Å²) in [5.74, 6) is -0.461. The molecule has 5 nitrogen and oxygen atoms in total. The number of carbonyl (C=O) groups excluding carboxylic acids is 2. The molecule has 0 saturated heterocycles. The third-order valence-electron chi connectivity index (χ3n) is 2.79. The topological polar surface area (TPSA) is 67.4 Å². The number of halogens is 2. The molecule has 0 spiro atoms. The molecule has 0 fully saturated rings. The van der Waals surface area contributed by atoms with Gasteiger partial charge >= 0.3 is 5.97 Å². The van der Waals surface area contributed by atoms with Crippen molar-refractivity contribution in [2.45, 2.75) is 18.9 Å². The van der Waals surface area contributed by atoms with Crippen molar-refractivity contribution >= 4 is 40.2 Å². The first-order valence-corrected chi connectivity index (χ1v) is 7.12. The molecule has 0 aliphatic heterocycles. The summed E-state index contributed by atoms with van der Waals surface area (Å²) in [6, 6.07) is 7.12. The van der Waals surface area contributed by atoms with Gasteiger partial charge in [0.05, 0.1) is 19.6 Å². The number of nitrogens with one attached hydrogen (secondary N) is 2. The zero-order valence-electron chi connectivity index (χ0n) is 12.0. The van der Waals surface area contributed by atoms with E-state index in [1.165, 1.54) is 7.11 Å². The monoisotopic (exact) mass is 378 g/mol. The molecule has 118 valence electrons. The Balaban J connectivity index is 0.00000400. The van der Waals surface area contributed by atoms with E-state index in [4.69, 9.17) is 0 Å². The Bertz CT molecular complexity index is 471. The van der Waals surface area contributed by atoms with Crippen molar-refractivity contribution in [1.29, 1.82) is 0 Å². The number of rotatable bonds is 7. The Morgan fingerprint density at radius 3 is 2.67 bits per heavy atom. The summed E-state index contributed by atoms with van der Waals surface area (Å²) in [7, 11) is 3.12. The average Bonchev–Trinajstić information content (AvgIpc) is 2.44. The maximum atomic E-state index is 11.8. The van der Waals surface area contributed by atoms with E-state index in [0.29, 0.717) is 13.0 Å². The first kappa shape index (κ1) is 19.9. The summed E-state index contributed by atoms with van der Waals surface area (Å²) in [4.78, 5) is 23.3. The molecule has 0 aromatic heterocycles. The third-order valence-corrected chi connectivity index (χ3v) is 3.28. The van der Waals surface area contributed by atoms with Gasteiger partial charge in [0.1, 0.15) is 0 Å². The van der Waals surface area contributed by atoms with Crippen molar-refractivity contribution in [3.8, 4) is 0 Å². The number of esters is 1. The zero-order valence-corrected chi connectivity index (χ0v) is 14.4. The van der Waals surface area contributed by atoms with Crippen LogP contribution in [0.15, 0.2) is 28.7 Å². The highest BCUT2D eigenvalue weighted by Gasteiger charge is 2.18. The van der Waals surface area contributed by atoms with E-state index >= 15 is 0 Å². The van der Waals surface area contributed by atoms with E-state index in [0.717, 1.165) is 10.0 Å². The molecular formula is C14H20BrClN2O3. The van der Waals surface area contributed by atoms with Crippen molar-refractivity contribution in [1.82, 2.24) is 10.6 Å². The smallest absolute Gasteiger partial charge is 0.307 e. The van der Waals surface area contributed by atoms with E-state index in [1.54, 1.807) is 7.05 Å². The number of ether oxygens (including phenoxy) is 1. The Labute approximate surface area is 139 Å². The van der Waals surface area contributed by atoms with Gasteiger partial charge in [-0.25, -0.2) is 0 Å². The number of hydrogen-bond acceptors (Lipinski definition) is 4. The lowest BCUT2D eigenvalue weighted by molar-refractivity contribution is -0.141. The van der Waals surface area contributed by atoms with E-state index in [-0.39, 0.29) is 36.7 Å². The van der Waals surface area contributed by atoms with Crippen LogP contribution in [0.3, 0.4) is 0 Å². The Morgan fingerprint density at radius 2 is 2.10 bits per heavy atom. The molecule has 7 heteroatoms. The second-order valence-electron chi connectivity index (χ2n) is 4.31. The molecule has 1 amide bonds. The van der Waals surface area contributed by atoms with Gasteiger partial charge in [0.2, 0.25) is 5.91 Å². The molecule has 1 aromatic carbocycles. The van der Waals surface area contributed by atoms with Gasteiger partial charge in [-0.3, -0.25) is 9.59 Å². The van der Waals surface area contributed by atoms with Crippen LogP contribution in [0.4, 0.5) is 0 Å². The molecule has 0 aliphatic carbocycles. The van der Waals surface area contributed by atoms with Crippen LogP contribution >= 0.6 is 28.3 Å². The molecule has 0 aliphatic rings. The van der Waals surface area contributed by atoms with E-state index in [1.807, 2.05) is 24.3 Å². The van der Waals surface area contributed by atoms with Crippen molar-refractivity contribution in [2.24, 2.45) is 0 Å². The van der Waals surface area contributed by atoms with Crippen LogP contribution in [0, 0.1) is 0 Å². The van der Waals surface area contributed by atoms with Crippen LogP contribution in [0.25, 0.3) is 0 Å². The predicted octanol–water partition coefficient (Wildman–Crippen LogP) is 2.20. The van der Waals surface area contributed by atoms with Crippen LogP contribution in [0.5, 0.6) is 0 Å². The lowest BCUT2D eigenvalue weighted by atomic mass is 10.0. The minimum Gasteiger partial charge on any atom is -0.469 e. The summed E-state index contributed by atoms with van der Waals surface area (Å²) >= 11 is 3.38. The molecule has 21 heavy (non-hydrogen) atoms. The van der Waals surface area contributed by atoms with E-state index in [2.05, 4.69) is 31.3 Å². The predicted molar refractivity (Wildman–Crippen MR) is 87.5 cm³/mol. The lowest BCUT2D eigenvalue weighted by Crippen LogP contribution is -2.32. The van der Waals surface area contributed by atoms with Crippen molar-refractivity contribution in [2.75, 3.05) is 20.7 Å². The molecule has 1 unspecified atom stereocenters. The van der Waals surface area contributed by atoms with Gasteiger partial charge in [0.15, 0.2) is 0 Å². The van der Waals surface area contributed by atoms with Crippen LogP contribution in [-0.4, -0.2) is 32.6 Å². The molecule has 0 heterocycles. The fourth-order valence-electron chi connectivity index (χ4n) is 1.73. The van der Waals surface area contributed by atoms with E-state index < -0.39 is 0 Å². The molecule has 0 bridgehead atoms. The van der Waals surface area contributed by atoms with Crippen molar-refractivity contribution in [3.63, 3.8) is 0 Å². The maximum absolute atomic E-state index is 11.8. The Hall–Kier alpha value is -1.11. The Morgan fingerprint density at radius 1 is 1.38 bits per heavy atom. The first-order chi connectivity index (χ1) is 9.56. The number of carbonyl (C=O) groups is 2. The SMILES string of the molecule is CNCCC(=O)NC(CC(=O)OC)c1cccc(Br)c1.Cl. The quantitative estimate of drug-likeness (QED) is 0.713. The van der Waals surface area contributed by atoms with Crippen molar-refractivity contribution in [3.05, 3.63) is 34.3 Å². The molecule has 0 radical (unpaired) electrons. The fraction of sp³-hybridized carbons (Fsp3) is 0.429. The largest absolute Gasteiger partial charge is 0.469 e. The summed E-state index contributed by atoms with van der Waals surface area (Å²) in [6.45, 7) is 0.593. The van der Waals surface area contributed by atoms with Gasteiger partial charge < -0.3 is 15.4 Å². The molecule has 0 saturated carbocycles. The number of hydrogen-bond donors (Lipinski definition) is 2. The second kappa shape index (κ2) is 10.6. The van der Waals surface area contributed by atoms with Gasteiger partial charge in [0, 0.05) is 17.4 Å². The summed E-state index contributed by atoms with van der Waals surface area (Å²) in [6.07, 6.45) is 0.473. The van der Waals surface area contributed by atoms with E-state index in [9.17, 15) is 9.59 Å². The number of methoxy groups -OCH3 is 1. The molecule has 1 rings (SSSR count).